The van der Waals surface area contributed by atoms with Crippen molar-refractivity contribution >= 4 is 5.91 Å². The third kappa shape index (κ3) is 3.30. The molecular formula is C14H20N2O. The minimum atomic E-state index is 0.121. The lowest BCUT2D eigenvalue weighted by Gasteiger charge is -2.10. The lowest BCUT2D eigenvalue weighted by Crippen LogP contribution is -2.29. The van der Waals surface area contributed by atoms with Crippen LogP contribution in [-0.4, -0.2) is 11.9 Å². The Morgan fingerprint density at radius 3 is 2.65 bits per heavy atom. The molecule has 1 saturated carbocycles. The fourth-order valence-electron chi connectivity index (χ4n) is 2.29. The first kappa shape index (κ1) is 12.1. The Morgan fingerprint density at radius 1 is 1.35 bits per heavy atom. The molecule has 3 heteroatoms. The van der Waals surface area contributed by atoms with Crippen molar-refractivity contribution in [1.29, 1.82) is 0 Å². The Bertz CT molecular complexity index is 386. The molecule has 0 heterocycles. The molecular weight excluding hydrogens is 212 g/mol. The van der Waals surface area contributed by atoms with E-state index in [2.05, 4.69) is 36.5 Å². The molecule has 2 rings (SSSR count). The van der Waals surface area contributed by atoms with Crippen molar-refractivity contribution in [3.8, 4) is 0 Å². The Morgan fingerprint density at radius 2 is 2.06 bits per heavy atom. The van der Waals surface area contributed by atoms with Crippen LogP contribution in [0, 0.1) is 12.8 Å². The zero-order valence-corrected chi connectivity index (χ0v) is 10.3. The molecule has 2 atom stereocenters. The molecule has 1 aromatic rings. The number of aryl methyl sites for hydroxylation is 1. The second-order valence-corrected chi connectivity index (χ2v) is 4.97. The van der Waals surface area contributed by atoms with E-state index in [4.69, 9.17) is 5.73 Å². The van der Waals surface area contributed by atoms with E-state index in [1.807, 2.05) is 0 Å². The minimum Gasteiger partial charge on any atom is -0.352 e. The van der Waals surface area contributed by atoms with Gasteiger partial charge in [-0.3, -0.25) is 4.79 Å². The Balaban J connectivity index is 1.82. The van der Waals surface area contributed by atoms with Crippen LogP contribution >= 0.6 is 0 Å². The number of nitrogens with one attached hydrogen (secondary N) is 1. The van der Waals surface area contributed by atoms with E-state index in [9.17, 15) is 4.79 Å². The maximum absolute atomic E-state index is 11.9. The van der Waals surface area contributed by atoms with E-state index in [0.29, 0.717) is 6.54 Å². The van der Waals surface area contributed by atoms with Crippen molar-refractivity contribution in [2.45, 2.75) is 38.8 Å². The van der Waals surface area contributed by atoms with Gasteiger partial charge in [0.2, 0.25) is 5.91 Å². The first-order valence-electron chi connectivity index (χ1n) is 6.24. The average Bonchev–Trinajstić information content (AvgIpc) is 2.75. The van der Waals surface area contributed by atoms with Gasteiger partial charge in [-0.05, 0) is 31.7 Å². The molecule has 0 bridgehead atoms. The van der Waals surface area contributed by atoms with Crippen molar-refractivity contribution in [3.63, 3.8) is 0 Å². The van der Waals surface area contributed by atoms with E-state index >= 15 is 0 Å². The van der Waals surface area contributed by atoms with E-state index in [1.165, 1.54) is 5.56 Å². The molecule has 3 nitrogen and oxygen atoms in total. The molecule has 0 spiro atoms. The summed E-state index contributed by atoms with van der Waals surface area (Å²) in [6.07, 6.45) is 2.74. The van der Waals surface area contributed by atoms with Crippen molar-refractivity contribution in [3.05, 3.63) is 35.4 Å². The quantitative estimate of drug-likeness (QED) is 0.834. The van der Waals surface area contributed by atoms with Crippen LogP contribution in [0.3, 0.4) is 0 Å². The van der Waals surface area contributed by atoms with Crippen molar-refractivity contribution < 1.29 is 4.79 Å². The second-order valence-electron chi connectivity index (χ2n) is 4.97. The molecule has 1 aromatic carbocycles. The molecule has 1 fully saturated rings. The lowest BCUT2D eigenvalue weighted by molar-refractivity contribution is -0.125. The van der Waals surface area contributed by atoms with Crippen LogP contribution < -0.4 is 11.1 Å². The Hall–Kier alpha value is -1.35. The van der Waals surface area contributed by atoms with Gasteiger partial charge in [-0.2, -0.15) is 0 Å². The number of nitrogens with two attached hydrogens (primary N) is 1. The number of rotatable bonds is 3. The third-order valence-corrected chi connectivity index (χ3v) is 3.43. The van der Waals surface area contributed by atoms with Crippen LogP contribution in [0.15, 0.2) is 24.3 Å². The molecule has 92 valence electrons. The topological polar surface area (TPSA) is 55.1 Å². The van der Waals surface area contributed by atoms with Gasteiger partial charge in [0, 0.05) is 18.5 Å². The highest BCUT2D eigenvalue weighted by atomic mass is 16.1. The summed E-state index contributed by atoms with van der Waals surface area (Å²) >= 11 is 0. The van der Waals surface area contributed by atoms with Gasteiger partial charge in [-0.1, -0.05) is 29.8 Å². The monoisotopic (exact) mass is 232 g/mol. The maximum atomic E-state index is 11.9. The highest BCUT2D eigenvalue weighted by Crippen LogP contribution is 2.24. The van der Waals surface area contributed by atoms with E-state index in [-0.39, 0.29) is 17.9 Å². The van der Waals surface area contributed by atoms with Gasteiger partial charge in [-0.15, -0.1) is 0 Å². The molecule has 0 aromatic heterocycles. The number of carbonyl (C=O) groups is 1. The molecule has 1 aliphatic carbocycles. The normalized spacial score (nSPS) is 23.6. The smallest absolute Gasteiger partial charge is 0.223 e. The van der Waals surface area contributed by atoms with Crippen LogP contribution in [-0.2, 0) is 11.3 Å². The SMILES string of the molecule is Cc1ccc(CNC(=O)C2CCC(N)C2)cc1. The second kappa shape index (κ2) is 5.32. The first-order valence-corrected chi connectivity index (χ1v) is 6.24. The molecule has 1 aliphatic rings. The summed E-state index contributed by atoms with van der Waals surface area (Å²) in [6.45, 7) is 2.67. The van der Waals surface area contributed by atoms with Gasteiger partial charge in [0.05, 0.1) is 0 Å². The summed E-state index contributed by atoms with van der Waals surface area (Å²) in [5.74, 6) is 0.272. The van der Waals surface area contributed by atoms with Gasteiger partial charge in [0.25, 0.3) is 0 Å². The summed E-state index contributed by atoms with van der Waals surface area (Å²) in [4.78, 5) is 11.9. The summed E-state index contributed by atoms with van der Waals surface area (Å²) in [7, 11) is 0. The fraction of sp³-hybridized carbons (Fsp3) is 0.500. The van der Waals surface area contributed by atoms with Gasteiger partial charge < -0.3 is 11.1 Å². The largest absolute Gasteiger partial charge is 0.352 e. The zero-order valence-electron chi connectivity index (χ0n) is 10.3. The summed E-state index contributed by atoms with van der Waals surface area (Å²) in [5, 5.41) is 2.99. The molecule has 3 N–H and O–H groups in total. The maximum Gasteiger partial charge on any atom is 0.223 e. The fourth-order valence-corrected chi connectivity index (χ4v) is 2.29. The third-order valence-electron chi connectivity index (χ3n) is 3.43. The highest BCUT2D eigenvalue weighted by Gasteiger charge is 2.27. The zero-order chi connectivity index (χ0) is 12.3. The van der Waals surface area contributed by atoms with Crippen LogP contribution in [0.5, 0.6) is 0 Å². The number of hydrogen-bond donors (Lipinski definition) is 2. The number of hydrogen-bond acceptors (Lipinski definition) is 2. The minimum absolute atomic E-state index is 0.121. The molecule has 0 radical (unpaired) electrons. The molecule has 2 unspecified atom stereocenters. The number of benzene rings is 1. The van der Waals surface area contributed by atoms with Gasteiger partial charge in [-0.25, -0.2) is 0 Å². The standard InChI is InChI=1S/C14H20N2O/c1-10-2-4-11(5-3-10)9-16-14(17)12-6-7-13(15)8-12/h2-5,12-13H,6-9,15H2,1H3,(H,16,17). The van der Waals surface area contributed by atoms with E-state index < -0.39 is 0 Å². The first-order chi connectivity index (χ1) is 8.15. The molecule has 17 heavy (non-hydrogen) atoms. The van der Waals surface area contributed by atoms with Crippen LogP contribution in [0.2, 0.25) is 0 Å². The van der Waals surface area contributed by atoms with Crippen molar-refractivity contribution in [2.75, 3.05) is 0 Å². The Kier molecular flexibility index (Phi) is 3.79. The highest BCUT2D eigenvalue weighted by molar-refractivity contribution is 5.79. The van der Waals surface area contributed by atoms with Gasteiger partial charge in [0.15, 0.2) is 0 Å². The lowest BCUT2D eigenvalue weighted by atomic mass is 10.1. The molecule has 1 amide bonds. The Labute approximate surface area is 102 Å². The average molecular weight is 232 g/mol. The number of carbonyl (C=O) groups excluding carboxylic acids is 1. The molecule has 0 saturated heterocycles. The van der Waals surface area contributed by atoms with E-state index in [1.54, 1.807) is 0 Å². The van der Waals surface area contributed by atoms with Gasteiger partial charge >= 0.3 is 0 Å². The summed E-state index contributed by atoms with van der Waals surface area (Å²) in [6, 6.07) is 8.44. The summed E-state index contributed by atoms with van der Waals surface area (Å²) < 4.78 is 0. The predicted molar refractivity (Wildman–Crippen MR) is 68.3 cm³/mol. The number of amides is 1. The summed E-state index contributed by atoms with van der Waals surface area (Å²) in [5.41, 5.74) is 8.19. The van der Waals surface area contributed by atoms with Crippen LogP contribution in [0.4, 0.5) is 0 Å². The van der Waals surface area contributed by atoms with E-state index in [0.717, 1.165) is 24.8 Å². The molecule has 0 aliphatic heterocycles. The predicted octanol–water partition coefficient (Wildman–Crippen LogP) is 1.74. The van der Waals surface area contributed by atoms with Gasteiger partial charge in [0.1, 0.15) is 0 Å². The van der Waals surface area contributed by atoms with Crippen molar-refractivity contribution in [1.82, 2.24) is 5.32 Å². The van der Waals surface area contributed by atoms with Crippen molar-refractivity contribution in [2.24, 2.45) is 11.7 Å². The van der Waals surface area contributed by atoms with Crippen LogP contribution in [0.25, 0.3) is 0 Å². The van der Waals surface area contributed by atoms with Crippen LogP contribution in [0.1, 0.15) is 30.4 Å².